The summed E-state index contributed by atoms with van der Waals surface area (Å²) in [7, 11) is 0. The van der Waals surface area contributed by atoms with Crippen LogP contribution in [0.5, 0.6) is 0 Å². The third kappa shape index (κ3) is 2.40. The highest BCUT2D eigenvalue weighted by atomic mass is 16.6. The Morgan fingerprint density at radius 3 is 2.77 bits per heavy atom. The largest absolute Gasteiger partial charge is 0.394 e. The maximum atomic E-state index is 10.1. The molecule has 10 nitrogen and oxygen atoms in total. The number of hydrazine groups is 1. The summed E-state index contributed by atoms with van der Waals surface area (Å²) in [5.41, 5.74) is 6.79. The van der Waals surface area contributed by atoms with Crippen molar-refractivity contribution in [1.82, 2.24) is 24.9 Å². The van der Waals surface area contributed by atoms with Gasteiger partial charge in [0, 0.05) is 6.54 Å². The third-order valence-electron chi connectivity index (χ3n) is 3.53. The normalized spacial score (nSPS) is 28.4. The molecule has 0 amide bonds. The lowest BCUT2D eigenvalue weighted by Crippen LogP contribution is -2.33. The Bertz CT molecular complexity index is 650. The number of ether oxygens (including phenoxy) is 1. The van der Waals surface area contributed by atoms with Gasteiger partial charge in [-0.15, -0.1) is 0 Å². The van der Waals surface area contributed by atoms with E-state index in [1.54, 1.807) is 0 Å². The van der Waals surface area contributed by atoms with E-state index in [9.17, 15) is 10.2 Å². The van der Waals surface area contributed by atoms with Crippen molar-refractivity contribution in [3.63, 3.8) is 0 Å². The van der Waals surface area contributed by atoms with Crippen molar-refractivity contribution >= 4 is 17.0 Å². The van der Waals surface area contributed by atoms with E-state index >= 15 is 0 Å². The SMILES string of the molecule is CCNNc1ncnc2c1ncn2[C@@H]1O[C@H](CO)[C@@H](O)[C@H]1O. The van der Waals surface area contributed by atoms with Crippen LogP contribution in [0.2, 0.25) is 0 Å². The number of fused-ring (bicyclic) bond motifs is 1. The lowest BCUT2D eigenvalue weighted by molar-refractivity contribution is -0.0511. The number of aliphatic hydroxyl groups excluding tert-OH is 3. The van der Waals surface area contributed by atoms with Crippen LogP contribution < -0.4 is 10.9 Å². The van der Waals surface area contributed by atoms with Crippen LogP contribution in [0, 0.1) is 0 Å². The van der Waals surface area contributed by atoms with Gasteiger partial charge in [-0.1, -0.05) is 6.92 Å². The van der Waals surface area contributed by atoms with Crippen LogP contribution in [0.15, 0.2) is 12.7 Å². The molecule has 1 aliphatic heterocycles. The number of anilines is 1. The molecule has 4 atom stereocenters. The second-order valence-corrected chi connectivity index (χ2v) is 4.93. The van der Waals surface area contributed by atoms with Crippen molar-refractivity contribution in [3.05, 3.63) is 12.7 Å². The van der Waals surface area contributed by atoms with Gasteiger partial charge in [-0.25, -0.2) is 20.4 Å². The van der Waals surface area contributed by atoms with E-state index in [-0.39, 0.29) is 6.61 Å². The van der Waals surface area contributed by atoms with E-state index in [1.165, 1.54) is 17.2 Å². The lowest BCUT2D eigenvalue weighted by Gasteiger charge is -2.16. The van der Waals surface area contributed by atoms with E-state index in [1.807, 2.05) is 6.92 Å². The van der Waals surface area contributed by atoms with Crippen molar-refractivity contribution in [3.8, 4) is 0 Å². The first kappa shape index (κ1) is 15.1. The predicted octanol–water partition coefficient (Wildman–Crippen LogP) is -1.63. The van der Waals surface area contributed by atoms with Gasteiger partial charge >= 0.3 is 0 Å². The molecule has 3 rings (SSSR count). The van der Waals surface area contributed by atoms with Gasteiger partial charge in [0.25, 0.3) is 0 Å². The minimum absolute atomic E-state index is 0.385. The molecular formula is C12H18N6O4. The van der Waals surface area contributed by atoms with Crippen molar-refractivity contribution in [1.29, 1.82) is 0 Å². The summed E-state index contributed by atoms with van der Waals surface area (Å²) in [6.45, 7) is 2.24. The Balaban J connectivity index is 1.95. The van der Waals surface area contributed by atoms with E-state index in [0.29, 0.717) is 23.5 Å². The molecule has 0 spiro atoms. The molecule has 10 heteroatoms. The number of rotatable bonds is 5. The number of aliphatic hydroxyl groups is 3. The molecule has 0 saturated carbocycles. The highest BCUT2D eigenvalue weighted by Crippen LogP contribution is 2.31. The summed E-state index contributed by atoms with van der Waals surface area (Å²) >= 11 is 0. The molecule has 1 aliphatic rings. The third-order valence-corrected chi connectivity index (χ3v) is 3.53. The number of nitrogens with one attached hydrogen (secondary N) is 2. The lowest BCUT2D eigenvalue weighted by atomic mass is 10.1. The number of imidazole rings is 1. The van der Waals surface area contributed by atoms with Crippen molar-refractivity contribution in [2.75, 3.05) is 18.6 Å². The first-order valence-corrected chi connectivity index (χ1v) is 6.96. The zero-order chi connectivity index (χ0) is 15.7. The van der Waals surface area contributed by atoms with Crippen molar-refractivity contribution in [2.24, 2.45) is 0 Å². The molecule has 3 heterocycles. The predicted molar refractivity (Wildman–Crippen MR) is 75.6 cm³/mol. The molecule has 120 valence electrons. The monoisotopic (exact) mass is 310 g/mol. The molecule has 22 heavy (non-hydrogen) atoms. The molecule has 0 bridgehead atoms. The number of hydrogen-bond donors (Lipinski definition) is 5. The van der Waals surface area contributed by atoms with Crippen LogP contribution in [0.1, 0.15) is 13.2 Å². The molecule has 1 fully saturated rings. The highest BCUT2D eigenvalue weighted by molar-refractivity contribution is 5.82. The summed E-state index contributed by atoms with van der Waals surface area (Å²) in [6, 6.07) is 0. The summed E-state index contributed by atoms with van der Waals surface area (Å²) in [5.74, 6) is 0.498. The molecule has 0 aromatic carbocycles. The molecule has 0 aliphatic carbocycles. The first-order valence-electron chi connectivity index (χ1n) is 6.96. The van der Waals surface area contributed by atoms with E-state index in [2.05, 4.69) is 25.8 Å². The Morgan fingerprint density at radius 2 is 2.09 bits per heavy atom. The Morgan fingerprint density at radius 1 is 1.27 bits per heavy atom. The molecular weight excluding hydrogens is 292 g/mol. The minimum atomic E-state index is -1.19. The van der Waals surface area contributed by atoms with Crippen LogP contribution in [0.3, 0.4) is 0 Å². The van der Waals surface area contributed by atoms with Gasteiger partial charge in [-0.2, -0.15) is 0 Å². The summed E-state index contributed by atoms with van der Waals surface area (Å²) in [6.07, 6.45) is -1.26. The molecule has 0 unspecified atom stereocenters. The van der Waals surface area contributed by atoms with E-state index < -0.39 is 24.5 Å². The zero-order valence-corrected chi connectivity index (χ0v) is 11.9. The fraction of sp³-hybridized carbons (Fsp3) is 0.583. The average molecular weight is 310 g/mol. The van der Waals surface area contributed by atoms with Crippen LogP contribution in [-0.2, 0) is 4.74 Å². The van der Waals surface area contributed by atoms with Crippen molar-refractivity contribution < 1.29 is 20.1 Å². The minimum Gasteiger partial charge on any atom is -0.394 e. The van der Waals surface area contributed by atoms with Crippen LogP contribution in [-0.4, -0.2) is 66.3 Å². The number of hydrogen-bond acceptors (Lipinski definition) is 9. The van der Waals surface area contributed by atoms with Crippen LogP contribution in [0.25, 0.3) is 11.2 Å². The smallest absolute Gasteiger partial charge is 0.171 e. The van der Waals surface area contributed by atoms with Crippen molar-refractivity contribution in [2.45, 2.75) is 31.5 Å². The van der Waals surface area contributed by atoms with Gasteiger partial charge in [0.1, 0.15) is 24.6 Å². The van der Waals surface area contributed by atoms with E-state index in [0.717, 1.165) is 0 Å². The molecule has 1 saturated heterocycles. The summed E-state index contributed by atoms with van der Waals surface area (Å²) in [4.78, 5) is 12.5. The topological polar surface area (TPSA) is 138 Å². The standard InChI is InChI=1S/C12H18N6O4/c1-2-16-17-10-7-11(14-4-13-10)18(5-15-7)12-9(21)8(20)6(3-19)22-12/h4-6,8-9,12,16,19-21H,2-3H2,1H3,(H,13,14,17)/t6-,8-,9-,12-/m1/s1. The van der Waals surface area contributed by atoms with Gasteiger partial charge < -0.3 is 25.5 Å². The Kier molecular flexibility index (Phi) is 4.18. The van der Waals surface area contributed by atoms with Gasteiger partial charge in [0.2, 0.25) is 0 Å². The van der Waals surface area contributed by atoms with Gasteiger partial charge in [0.15, 0.2) is 23.2 Å². The molecule has 2 aromatic rings. The Labute approximate surface area is 125 Å². The quantitative estimate of drug-likeness (QED) is 0.412. The van der Waals surface area contributed by atoms with E-state index in [4.69, 9.17) is 9.84 Å². The summed E-state index contributed by atoms with van der Waals surface area (Å²) < 4.78 is 7.00. The fourth-order valence-corrected chi connectivity index (χ4v) is 2.41. The van der Waals surface area contributed by atoms with Crippen LogP contribution in [0.4, 0.5) is 5.82 Å². The number of nitrogens with zero attached hydrogens (tertiary/aromatic N) is 4. The maximum Gasteiger partial charge on any atom is 0.171 e. The highest BCUT2D eigenvalue weighted by Gasteiger charge is 2.43. The second-order valence-electron chi connectivity index (χ2n) is 4.93. The molecule has 0 radical (unpaired) electrons. The number of aromatic nitrogens is 4. The summed E-state index contributed by atoms with van der Waals surface area (Å²) in [5, 5.41) is 29.1. The second kappa shape index (κ2) is 6.10. The van der Waals surface area contributed by atoms with Crippen LogP contribution >= 0.6 is 0 Å². The maximum absolute atomic E-state index is 10.1. The zero-order valence-electron chi connectivity index (χ0n) is 11.9. The molecule has 2 aromatic heterocycles. The average Bonchev–Trinajstić information content (AvgIpc) is 3.08. The van der Waals surface area contributed by atoms with Gasteiger partial charge in [-0.3, -0.25) is 4.57 Å². The Hall–Kier alpha value is -1.85. The fourth-order valence-electron chi connectivity index (χ4n) is 2.41. The van der Waals surface area contributed by atoms with Gasteiger partial charge in [-0.05, 0) is 0 Å². The molecule has 5 N–H and O–H groups in total. The van der Waals surface area contributed by atoms with Gasteiger partial charge in [0.05, 0.1) is 12.9 Å². The first-order chi connectivity index (χ1) is 10.7.